The minimum Gasteiger partial charge on any atom is -0.384 e. The summed E-state index contributed by atoms with van der Waals surface area (Å²) in [7, 11) is 1.73. The van der Waals surface area contributed by atoms with Gasteiger partial charge in [-0.05, 0) is 18.6 Å². The summed E-state index contributed by atoms with van der Waals surface area (Å²) in [6.45, 7) is 2.95. The number of aryl methyl sites for hydroxylation is 1. The third-order valence-electron chi connectivity index (χ3n) is 1.64. The molecule has 1 aromatic carbocycles. The van der Waals surface area contributed by atoms with Crippen molar-refractivity contribution in [2.75, 3.05) is 19.5 Å². The molecule has 0 saturated carbocycles. The molecule has 0 bridgehead atoms. The predicted octanol–water partition coefficient (Wildman–Crippen LogP) is 2.73. The summed E-state index contributed by atoms with van der Waals surface area (Å²) in [6.07, 6.45) is 0. The smallest absolute Gasteiger partial charge is 0.0556 e. The molecule has 0 amide bonds. The quantitative estimate of drug-likeness (QED) is 0.523. The van der Waals surface area contributed by atoms with E-state index in [0.29, 0.717) is 0 Å². The molecule has 0 unspecified atom stereocenters. The number of hydrogen-bond acceptors (Lipinski definition) is 2. The molecule has 0 radical (unpaired) electrons. The number of hydrogen-bond donors (Lipinski definition) is 0. The zero-order valence-electron chi connectivity index (χ0n) is 7.54. The Labute approximate surface area is 78.1 Å². The minimum atomic E-state index is 0.818. The van der Waals surface area contributed by atoms with E-state index in [9.17, 15) is 0 Å². The van der Waals surface area contributed by atoms with Crippen molar-refractivity contribution in [3.8, 4) is 0 Å². The second-order valence-electron chi connectivity index (χ2n) is 2.61. The molecule has 0 aliphatic rings. The molecule has 0 saturated heterocycles. The van der Waals surface area contributed by atoms with E-state index < -0.39 is 0 Å². The van der Waals surface area contributed by atoms with Crippen molar-refractivity contribution in [3.63, 3.8) is 0 Å². The van der Waals surface area contributed by atoms with Gasteiger partial charge in [0.1, 0.15) is 0 Å². The van der Waals surface area contributed by atoms with E-state index in [2.05, 4.69) is 31.2 Å². The molecular weight excluding hydrogens is 168 g/mol. The van der Waals surface area contributed by atoms with Crippen LogP contribution in [0.25, 0.3) is 0 Å². The average molecular weight is 182 g/mol. The molecule has 66 valence electrons. The number of rotatable bonds is 4. The van der Waals surface area contributed by atoms with Gasteiger partial charge in [-0.3, -0.25) is 0 Å². The number of methoxy groups -OCH3 is 1. The fourth-order valence-electron chi connectivity index (χ4n) is 0.953. The standard InChI is InChI=1S/C10H14OS/c1-9-5-3-4-6-10(9)12-8-7-11-2/h3-6H,7-8H2,1-2H3. The van der Waals surface area contributed by atoms with Gasteiger partial charge in [-0.1, -0.05) is 18.2 Å². The predicted molar refractivity (Wildman–Crippen MR) is 53.8 cm³/mol. The molecule has 12 heavy (non-hydrogen) atoms. The highest BCUT2D eigenvalue weighted by Gasteiger charge is 1.95. The van der Waals surface area contributed by atoms with Crippen LogP contribution in [-0.4, -0.2) is 19.5 Å². The first-order valence-electron chi connectivity index (χ1n) is 4.02. The van der Waals surface area contributed by atoms with Gasteiger partial charge in [0.25, 0.3) is 0 Å². The fraction of sp³-hybridized carbons (Fsp3) is 0.400. The van der Waals surface area contributed by atoms with Crippen LogP contribution in [0.1, 0.15) is 5.56 Å². The van der Waals surface area contributed by atoms with E-state index in [0.717, 1.165) is 12.4 Å². The van der Waals surface area contributed by atoms with Crippen LogP contribution in [0, 0.1) is 6.92 Å². The Balaban J connectivity index is 2.46. The molecule has 0 aliphatic carbocycles. The van der Waals surface area contributed by atoms with Crippen molar-refractivity contribution in [1.29, 1.82) is 0 Å². The zero-order valence-corrected chi connectivity index (χ0v) is 8.36. The highest BCUT2D eigenvalue weighted by Crippen LogP contribution is 2.20. The largest absolute Gasteiger partial charge is 0.384 e. The second-order valence-corrected chi connectivity index (χ2v) is 3.74. The molecule has 1 rings (SSSR count). The SMILES string of the molecule is COCCSc1ccccc1C. The summed E-state index contributed by atoms with van der Waals surface area (Å²) >= 11 is 1.85. The highest BCUT2D eigenvalue weighted by atomic mass is 32.2. The lowest BCUT2D eigenvalue weighted by molar-refractivity contribution is 0.218. The van der Waals surface area contributed by atoms with Crippen LogP contribution < -0.4 is 0 Å². The Bertz CT molecular complexity index is 235. The summed E-state index contributed by atoms with van der Waals surface area (Å²) in [5, 5.41) is 0. The van der Waals surface area contributed by atoms with Crippen LogP contribution in [0.4, 0.5) is 0 Å². The summed E-state index contributed by atoms with van der Waals surface area (Å²) in [4.78, 5) is 1.36. The molecule has 2 heteroatoms. The lowest BCUT2D eigenvalue weighted by Crippen LogP contribution is -1.91. The van der Waals surface area contributed by atoms with Crippen LogP contribution in [0.5, 0.6) is 0 Å². The summed E-state index contributed by atoms with van der Waals surface area (Å²) in [5.74, 6) is 1.03. The lowest BCUT2D eigenvalue weighted by Gasteiger charge is -2.03. The molecule has 0 aromatic heterocycles. The maximum Gasteiger partial charge on any atom is 0.0556 e. The first-order chi connectivity index (χ1) is 5.84. The van der Waals surface area contributed by atoms with Gasteiger partial charge in [0, 0.05) is 17.8 Å². The third kappa shape index (κ3) is 2.88. The van der Waals surface area contributed by atoms with Crippen LogP contribution in [0.3, 0.4) is 0 Å². The van der Waals surface area contributed by atoms with Crippen LogP contribution in [0.15, 0.2) is 29.2 Å². The molecule has 1 aromatic rings. The molecule has 0 aliphatic heterocycles. The van der Waals surface area contributed by atoms with Crippen molar-refractivity contribution in [2.45, 2.75) is 11.8 Å². The van der Waals surface area contributed by atoms with Crippen molar-refractivity contribution < 1.29 is 4.74 Å². The van der Waals surface area contributed by atoms with Gasteiger partial charge >= 0.3 is 0 Å². The molecule has 0 spiro atoms. The van der Waals surface area contributed by atoms with Crippen LogP contribution in [-0.2, 0) is 4.74 Å². The molecule has 0 atom stereocenters. The maximum absolute atomic E-state index is 4.98. The Hall–Kier alpha value is -0.470. The minimum absolute atomic E-state index is 0.818. The van der Waals surface area contributed by atoms with Crippen molar-refractivity contribution in [2.24, 2.45) is 0 Å². The van der Waals surface area contributed by atoms with E-state index in [1.807, 2.05) is 11.8 Å². The van der Waals surface area contributed by atoms with Gasteiger partial charge in [0.2, 0.25) is 0 Å². The van der Waals surface area contributed by atoms with E-state index in [4.69, 9.17) is 4.74 Å². The zero-order chi connectivity index (χ0) is 8.81. The van der Waals surface area contributed by atoms with Gasteiger partial charge in [-0.15, -0.1) is 11.8 Å². The molecule has 0 fully saturated rings. The lowest BCUT2D eigenvalue weighted by atomic mass is 10.2. The van der Waals surface area contributed by atoms with Crippen molar-refractivity contribution in [3.05, 3.63) is 29.8 Å². The van der Waals surface area contributed by atoms with Gasteiger partial charge in [0.05, 0.1) is 6.61 Å². The summed E-state index contributed by atoms with van der Waals surface area (Å²) < 4.78 is 4.98. The summed E-state index contributed by atoms with van der Waals surface area (Å²) in [5.41, 5.74) is 1.35. The molecule has 0 N–H and O–H groups in total. The topological polar surface area (TPSA) is 9.23 Å². The first kappa shape index (κ1) is 9.62. The van der Waals surface area contributed by atoms with Gasteiger partial charge < -0.3 is 4.74 Å². The number of thioether (sulfide) groups is 1. The van der Waals surface area contributed by atoms with E-state index >= 15 is 0 Å². The van der Waals surface area contributed by atoms with Crippen LogP contribution in [0.2, 0.25) is 0 Å². The van der Waals surface area contributed by atoms with Gasteiger partial charge in [-0.2, -0.15) is 0 Å². The normalized spacial score (nSPS) is 10.2. The second kappa shape index (κ2) is 5.22. The Morgan fingerprint density at radius 1 is 1.33 bits per heavy atom. The van der Waals surface area contributed by atoms with Crippen molar-refractivity contribution in [1.82, 2.24) is 0 Å². The molecular formula is C10H14OS. The Morgan fingerprint density at radius 2 is 2.08 bits per heavy atom. The van der Waals surface area contributed by atoms with Crippen LogP contribution >= 0.6 is 11.8 Å². The Kier molecular flexibility index (Phi) is 4.19. The van der Waals surface area contributed by atoms with E-state index in [1.165, 1.54) is 10.5 Å². The highest BCUT2D eigenvalue weighted by molar-refractivity contribution is 7.99. The molecule has 0 heterocycles. The maximum atomic E-state index is 4.98. The fourth-order valence-corrected chi connectivity index (χ4v) is 1.89. The Morgan fingerprint density at radius 3 is 2.75 bits per heavy atom. The summed E-state index contributed by atoms with van der Waals surface area (Å²) in [6, 6.07) is 8.42. The number of ether oxygens (including phenoxy) is 1. The van der Waals surface area contributed by atoms with E-state index in [1.54, 1.807) is 7.11 Å². The first-order valence-corrected chi connectivity index (χ1v) is 5.00. The number of benzene rings is 1. The van der Waals surface area contributed by atoms with Gasteiger partial charge in [0.15, 0.2) is 0 Å². The molecule has 1 nitrogen and oxygen atoms in total. The third-order valence-corrected chi connectivity index (χ3v) is 2.78. The van der Waals surface area contributed by atoms with Gasteiger partial charge in [-0.25, -0.2) is 0 Å². The average Bonchev–Trinajstić information content (AvgIpc) is 2.09. The monoisotopic (exact) mass is 182 g/mol. The van der Waals surface area contributed by atoms with E-state index in [-0.39, 0.29) is 0 Å². The van der Waals surface area contributed by atoms with Crippen molar-refractivity contribution >= 4 is 11.8 Å².